The van der Waals surface area contributed by atoms with Crippen LogP contribution < -0.4 is 25.8 Å². The summed E-state index contributed by atoms with van der Waals surface area (Å²) >= 11 is 0. The summed E-state index contributed by atoms with van der Waals surface area (Å²) in [5.74, 6) is 0.401. The minimum absolute atomic E-state index is 0.0375. The number of benzene rings is 2. The number of nitrogens with one attached hydrogen (secondary N) is 2. The average Bonchev–Trinajstić information content (AvgIpc) is 2.98. The normalized spacial score (nSPS) is 17.5. The average molecular weight is 536 g/mol. The van der Waals surface area contributed by atoms with Gasteiger partial charge in [-0.25, -0.2) is 0 Å². The number of fused-ring (bicyclic) bond motifs is 4. The second kappa shape index (κ2) is 10.7. The van der Waals surface area contributed by atoms with Gasteiger partial charge in [0, 0.05) is 55.3 Å². The van der Waals surface area contributed by atoms with Crippen LogP contribution in [0, 0.1) is 5.92 Å². The molecule has 9 heteroatoms. The largest absolute Gasteiger partial charge is 0.495 e. The molecule has 1 fully saturated rings. The molecule has 0 radical (unpaired) electrons. The Morgan fingerprint density at radius 2 is 1.70 bits per heavy atom. The number of anilines is 3. The Kier molecular flexibility index (Phi) is 6.77. The van der Waals surface area contributed by atoms with Gasteiger partial charge in [-0.1, -0.05) is 18.2 Å². The number of carbonyl (C=O) groups is 2. The number of carbonyl (C=O) groups excluding carboxylic acids is 2. The number of nitrogens with zero attached hydrogens (tertiary/aromatic N) is 3. The zero-order valence-corrected chi connectivity index (χ0v) is 22.0. The fraction of sp³-hybridized carbons (Fsp3) is 0.226. The van der Waals surface area contributed by atoms with E-state index in [1.165, 1.54) is 6.20 Å². The summed E-state index contributed by atoms with van der Waals surface area (Å²) in [6.07, 6.45) is 4.13. The first-order valence-electron chi connectivity index (χ1n) is 13.2. The lowest BCUT2D eigenvalue weighted by molar-refractivity contribution is 0.101. The van der Waals surface area contributed by atoms with Crippen molar-refractivity contribution in [3.05, 3.63) is 112 Å². The maximum absolute atomic E-state index is 13.3. The molecule has 2 amide bonds. The Balaban J connectivity index is 1.33. The molecular formula is C31H29N5O4. The van der Waals surface area contributed by atoms with Gasteiger partial charge in [-0.3, -0.25) is 19.4 Å². The minimum Gasteiger partial charge on any atom is -0.495 e. The van der Waals surface area contributed by atoms with Gasteiger partial charge in [0.2, 0.25) is 0 Å². The number of hydrogen-bond donors (Lipinski definition) is 2. The van der Waals surface area contributed by atoms with E-state index in [-0.39, 0.29) is 23.3 Å². The van der Waals surface area contributed by atoms with E-state index in [0.717, 1.165) is 24.3 Å². The number of aromatic nitrogens is 2. The van der Waals surface area contributed by atoms with Crippen LogP contribution in [0.15, 0.2) is 90.0 Å². The van der Waals surface area contributed by atoms with E-state index >= 15 is 0 Å². The smallest absolute Gasteiger partial charge is 0.257 e. The molecule has 9 nitrogen and oxygen atoms in total. The van der Waals surface area contributed by atoms with Crippen LogP contribution in [-0.2, 0) is 6.54 Å². The van der Waals surface area contributed by atoms with Crippen LogP contribution in [-0.4, -0.2) is 41.6 Å². The number of methoxy groups -OCH3 is 1. The first-order chi connectivity index (χ1) is 19.5. The predicted octanol–water partition coefficient (Wildman–Crippen LogP) is 4.38. The van der Waals surface area contributed by atoms with Crippen molar-refractivity contribution < 1.29 is 14.3 Å². The van der Waals surface area contributed by atoms with Crippen LogP contribution in [0.25, 0.3) is 0 Å². The number of piperidine rings is 1. The molecule has 202 valence electrons. The number of ether oxygens (including phenoxy) is 1. The van der Waals surface area contributed by atoms with Gasteiger partial charge >= 0.3 is 0 Å². The van der Waals surface area contributed by atoms with Gasteiger partial charge in [-0.05, 0) is 60.9 Å². The SMILES string of the molecule is COc1ccccc1NC(=O)c1ccc(N2C[C@H]3C[C@@H](C2)c2cccc(=O)n2C3)c(NC(=O)c2cccnc2)c1. The van der Waals surface area contributed by atoms with Crippen molar-refractivity contribution >= 4 is 28.9 Å². The second-order valence-electron chi connectivity index (χ2n) is 10.2. The molecule has 2 N–H and O–H groups in total. The van der Waals surface area contributed by atoms with Crippen molar-refractivity contribution in [2.45, 2.75) is 18.9 Å². The topological polar surface area (TPSA) is 106 Å². The van der Waals surface area contributed by atoms with Gasteiger partial charge in [-0.2, -0.15) is 0 Å². The van der Waals surface area contributed by atoms with E-state index in [4.69, 9.17) is 4.74 Å². The highest BCUT2D eigenvalue weighted by Gasteiger charge is 2.35. The van der Waals surface area contributed by atoms with Crippen LogP contribution >= 0.6 is 0 Å². The standard InChI is InChI=1S/C31H29N5O4/c1-40-28-9-3-2-7-24(28)33-30(38)21-11-12-27(25(15-21)34-31(39)22-6-5-13-32-16-22)35-17-20-14-23(19-35)26-8-4-10-29(37)36(26)18-20/h2-13,15-16,20,23H,14,17-19H2,1H3,(H,33,38)(H,34,39)/t20-,23+/m1/s1. The molecule has 6 rings (SSSR count). The van der Waals surface area contributed by atoms with Crippen molar-refractivity contribution in [2.75, 3.05) is 35.7 Å². The first-order valence-corrected chi connectivity index (χ1v) is 13.2. The summed E-state index contributed by atoms with van der Waals surface area (Å²) in [6, 6.07) is 21.4. The lowest BCUT2D eigenvalue weighted by Gasteiger charge is -2.44. The molecule has 2 bridgehead atoms. The van der Waals surface area contributed by atoms with E-state index in [1.807, 2.05) is 34.9 Å². The van der Waals surface area contributed by atoms with E-state index in [1.54, 1.807) is 55.8 Å². The van der Waals surface area contributed by atoms with Gasteiger partial charge in [0.1, 0.15) is 5.75 Å². The molecule has 2 aliphatic rings. The molecule has 4 aromatic rings. The van der Waals surface area contributed by atoms with Crippen molar-refractivity contribution in [2.24, 2.45) is 5.92 Å². The number of pyridine rings is 2. The Bertz CT molecular complexity index is 1630. The van der Waals surface area contributed by atoms with Crippen molar-refractivity contribution in [1.82, 2.24) is 9.55 Å². The summed E-state index contributed by atoms with van der Waals surface area (Å²) in [4.78, 5) is 45.2. The highest BCUT2D eigenvalue weighted by Crippen LogP contribution is 2.39. The minimum atomic E-state index is -0.322. The molecule has 0 saturated carbocycles. The Hall–Kier alpha value is -4.92. The summed E-state index contributed by atoms with van der Waals surface area (Å²) < 4.78 is 7.26. The van der Waals surface area contributed by atoms with Crippen molar-refractivity contribution in [3.8, 4) is 5.75 Å². The predicted molar refractivity (Wildman–Crippen MR) is 153 cm³/mol. The van der Waals surface area contributed by atoms with Crippen molar-refractivity contribution in [3.63, 3.8) is 0 Å². The molecule has 1 saturated heterocycles. The van der Waals surface area contributed by atoms with Crippen LogP contribution in [0.4, 0.5) is 17.1 Å². The summed E-state index contributed by atoms with van der Waals surface area (Å²) in [5.41, 5.74) is 3.81. The van der Waals surface area contributed by atoms with Crippen LogP contribution in [0.3, 0.4) is 0 Å². The number of hydrogen-bond acceptors (Lipinski definition) is 6. The number of para-hydroxylation sites is 2. The van der Waals surface area contributed by atoms with Gasteiger partial charge in [0.05, 0.1) is 29.7 Å². The van der Waals surface area contributed by atoms with Gasteiger partial charge in [0.25, 0.3) is 17.4 Å². The van der Waals surface area contributed by atoms with Gasteiger partial charge < -0.3 is 24.8 Å². The third kappa shape index (κ3) is 4.93. The van der Waals surface area contributed by atoms with E-state index < -0.39 is 0 Å². The quantitative estimate of drug-likeness (QED) is 0.380. The van der Waals surface area contributed by atoms with Crippen LogP contribution in [0.1, 0.15) is 38.7 Å². The molecule has 2 atom stereocenters. The molecule has 40 heavy (non-hydrogen) atoms. The zero-order valence-electron chi connectivity index (χ0n) is 22.0. The monoisotopic (exact) mass is 535 g/mol. The summed E-state index contributed by atoms with van der Waals surface area (Å²) in [5, 5.41) is 5.92. The van der Waals surface area contributed by atoms with Gasteiger partial charge in [-0.15, -0.1) is 0 Å². The fourth-order valence-electron chi connectivity index (χ4n) is 5.78. The molecule has 0 aliphatic carbocycles. The maximum atomic E-state index is 13.3. The van der Waals surface area contributed by atoms with Crippen molar-refractivity contribution in [1.29, 1.82) is 0 Å². The number of rotatable bonds is 6. The lowest BCUT2D eigenvalue weighted by atomic mass is 9.83. The highest BCUT2D eigenvalue weighted by molar-refractivity contribution is 6.09. The zero-order chi connectivity index (χ0) is 27.6. The Morgan fingerprint density at radius 3 is 2.52 bits per heavy atom. The molecule has 4 heterocycles. The van der Waals surface area contributed by atoms with Gasteiger partial charge in [0.15, 0.2) is 0 Å². The van der Waals surface area contributed by atoms with E-state index in [9.17, 15) is 14.4 Å². The second-order valence-corrected chi connectivity index (χ2v) is 10.2. The van der Waals surface area contributed by atoms with E-state index in [0.29, 0.717) is 47.3 Å². The molecule has 2 aliphatic heterocycles. The number of amides is 2. The molecule has 0 unspecified atom stereocenters. The molecular weight excluding hydrogens is 506 g/mol. The summed E-state index contributed by atoms with van der Waals surface area (Å²) in [7, 11) is 1.55. The highest BCUT2D eigenvalue weighted by atomic mass is 16.5. The molecule has 2 aromatic carbocycles. The van der Waals surface area contributed by atoms with Crippen LogP contribution in [0.5, 0.6) is 5.75 Å². The first kappa shape index (κ1) is 25.4. The Morgan fingerprint density at radius 1 is 0.875 bits per heavy atom. The molecule has 0 spiro atoms. The van der Waals surface area contributed by atoms with Crippen LogP contribution in [0.2, 0.25) is 0 Å². The lowest BCUT2D eigenvalue weighted by Crippen LogP contribution is -2.47. The fourth-order valence-corrected chi connectivity index (χ4v) is 5.78. The summed E-state index contributed by atoms with van der Waals surface area (Å²) in [6.45, 7) is 2.10. The maximum Gasteiger partial charge on any atom is 0.257 e. The third-order valence-corrected chi connectivity index (χ3v) is 7.61. The third-order valence-electron chi connectivity index (χ3n) is 7.61. The molecule has 2 aromatic heterocycles. The Labute approximate surface area is 231 Å². The van der Waals surface area contributed by atoms with E-state index in [2.05, 4.69) is 20.5 Å².